The van der Waals surface area contributed by atoms with Crippen LogP contribution in [0.15, 0.2) is 6.33 Å². The van der Waals surface area contributed by atoms with Gasteiger partial charge in [0.15, 0.2) is 4.77 Å². The van der Waals surface area contributed by atoms with E-state index in [0.29, 0.717) is 0 Å². The highest BCUT2D eigenvalue weighted by Crippen LogP contribution is 2.34. The summed E-state index contributed by atoms with van der Waals surface area (Å²) in [6.45, 7) is 0.986. The van der Waals surface area contributed by atoms with Gasteiger partial charge < -0.3 is 4.57 Å². The Morgan fingerprint density at radius 3 is 3.00 bits per heavy atom. The van der Waals surface area contributed by atoms with Gasteiger partial charge in [-0.2, -0.15) is 5.10 Å². The largest absolute Gasteiger partial charge is 0.307 e. The van der Waals surface area contributed by atoms with Gasteiger partial charge in [0.2, 0.25) is 0 Å². The van der Waals surface area contributed by atoms with Crippen molar-refractivity contribution in [3.63, 3.8) is 0 Å². The normalized spacial score (nSPS) is 18.2. The predicted octanol–water partition coefficient (Wildman–Crippen LogP) is 2.14. The Bertz CT molecular complexity index is 313. The van der Waals surface area contributed by atoms with E-state index in [0.717, 1.165) is 15.9 Å². The number of rotatable bonds is 3. The summed E-state index contributed by atoms with van der Waals surface area (Å²) < 4.78 is 3.49. The SMILES string of the molecule is S=c1[nH]ncn1CCC1SCCS1. The van der Waals surface area contributed by atoms with Gasteiger partial charge in [-0.25, -0.2) is 0 Å². The molecule has 0 radical (unpaired) electrons. The fourth-order valence-electron chi connectivity index (χ4n) is 1.25. The molecule has 1 N–H and O–H groups in total. The molecule has 0 aromatic carbocycles. The minimum absolute atomic E-state index is 0.730. The summed E-state index contributed by atoms with van der Waals surface area (Å²) in [4.78, 5) is 0. The Hall–Kier alpha value is 0.0600. The zero-order valence-electron chi connectivity index (χ0n) is 7.10. The first-order chi connectivity index (χ1) is 6.36. The van der Waals surface area contributed by atoms with Crippen LogP contribution in [0.3, 0.4) is 0 Å². The quantitative estimate of drug-likeness (QED) is 0.811. The Labute approximate surface area is 90.7 Å². The highest BCUT2D eigenvalue weighted by atomic mass is 32.2. The highest BCUT2D eigenvalue weighted by molar-refractivity contribution is 8.20. The van der Waals surface area contributed by atoms with Crippen molar-refractivity contribution < 1.29 is 0 Å². The maximum absolute atomic E-state index is 5.06. The Morgan fingerprint density at radius 2 is 2.38 bits per heavy atom. The van der Waals surface area contributed by atoms with Gasteiger partial charge in [-0.1, -0.05) is 0 Å². The number of H-pyrrole nitrogens is 1. The smallest absolute Gasteiger partial charge is 0.194 e. The first-order valence-electron chi connectivity index (χ1n) is 4.19. The molecular formula is C7H11N3S3. The molecule has 0 bridgehead atoms. The number of nitrogens with zero attached hydrogens (tertiary/aromatic N) is 2. The summed E-state index contributed by atoms with van der Waals surface area (Å²) in [7, 11) is 0. The fourth-order valence-corrected chi connectivity index (χ4v) is 4.24. The van der Waals surface area contributed by atoms with Crippen LogP contribution in [0.5, 0.6) is 0 Å². The number of aromatic amines is 1. The molecule has 0 aliphatic carbocycles. The molecular weight excluding hydrogens is 222 g/mol. The van der Waals surface area contributed by atoms with Crippen molar-refractivity contribution in [2.75, 3.05) is 11.5 Å². The van der Waals surface area contributed by atoms with E-state index >= 15 is 0 Å². The zero-order chi connectivity index (χ0) is 9.10. The molecule has 1 aromatic heterocycles. The van der Waals surface area contributed by atoms with E-state index in [1.54, 1.807) is 6.33 Å². The minimum Gasteiger partial charge on any atom is -0.307 e. The van der Waals surface area contributed by atoms with Crippen LogP contribution in [0.2, 0.25) is 0 Å². The molecule has 0 amide bonds. The Balaban J connectivity index is 1.85. The minimum atomic E-state index is 0.730. The second kappa shape index (κ2) is 4.52. The standard InChI is InChI=1S/C7H11N3S3/c11-7-9-8-5-10(7)2-1-6-12-3-4-13-6/h5-6H,1-4H2,(H,9,11). The van der Waals surface area contributed by atoms with Gasteiger partial charge in [-0.05, 0) is 18.6 Å². The lowest BCUT2D eigenvalue weighted by molar-refractivity contribution is 0.664. The molecule has 2 rings (SSSR count). The molecule has 1 aliphatic heterocycles. The molecule has 0 spiro atoms. The van der Waals surface area contributed by atoms with E-state index in [1.807, 2.05) is 4.57 Å². The molecule has 1 aromatic rings. The van der Waals surface area contributed by atoms with Crippen molar-refractivity contribution in [3.05, 3.63) is 11.1 Å². The van der Waals surface area contributed by atoms with E-state index in [4.69, 9.17) is 12.2 Å². The third-order valence-corrected chi connectivity index (χ3v) is 5.41. The summed E-state index contributed by atoms with van der Waals surface area (Å²) in [5.74, 6) is 2.60. The molecule has 13 heavy (non-hydrogen) atoms. The third-order valence-electron chi connectivity index (χ3n) is 1.91. The monoisotopic (exact) mass is 233 g/mol. The van der Waals surface area contributed by atoms with Crippen molar-refractivity contribution in [1.29, 1.82) is 0 Å². The van der Waals surface area contributed by atoms with Crippen LogP contribution in [0.1, 0.15) is 6.42 Å². The lowest BCUT2D eigenvalue weighted by Crippen LogP contribution is -2.02. The average Bonchev–Trinajstić information content (AvgIpc) is 2.72. The van der Waals surface area contributed by atoms with Gasteiger partial charge in [0, 0.05) is 18.1 Å². The molecule has 0 saturated carbocycles. The molecule has 2 heterocycles. The summed E-state index contributed by atoms with van der Waals surface area (Å²) in [5, 5.41) is 6.65. The third kappa shape index (κ3) is 2.51. The number of hydrogen-bond acceptors (Lipinski definition) is 4. The van der Waals surface area contributed by atoms with Crippen molar-refractivity contribution in [3.8, 4) is 0 Å². The second-order valence-electron chi connectivity index (χ2n) is 2.81. The molecule has 72 valence electrons. The van der Waals surface area contributed by atoms with Crippen LogP contribution in [-0.2, 0) is 6.54 Å². The number of hydrogen-bond donors (Lipinski definition) is 1. The van der Waals surface area contributed by atoms with E-state index < -0.39 is 0 Å². The summed E-state index contributed by atoms with van der Waals surface area (Å²) in [6.07, 6.45) is 2.95. The summed E-state index contributed by atoms with van der Waals surface area (Å²) in [5.41, 5.74) is 0. The number of nitrogens with one attached hydrogen (secondary N) is 1. The molecule has 1 saturated heterocycles. The fraction of sp³-hybridized carbons (Fsp3) is 0.714. The topological polar surface area (TPSA) is 33.6 Å². The first kappa shape index (κ1) is 9.61. The van der Waals surface area contributed by atoms with Gasteiger partial charge in [0.1, 0.15) is 6.33 Å². The number of aromatic nitrogens is 3. The summed E-state index contributed by atoms with van der Waals surface area (Å²) >= 11 is 9.17. The van der Waals surface area contributed by atoms with Crippen LogP contribution in [0.4, 0.5) is 0 Å². The van der Waals surface area contributed by atoms with Gasteiger partial charge in [-0.3, -0.25) is 5.10 Å². The lowest BCUT2D eigenvalue weighted by Gasteiger charge is -2.06. The number of thioether (sulfide) groups is 2. The molecule has 1 fully saturated rings. The van der Waals surface area contributed by atoms with E-state index in [-0.39, 0.29) is 0 Å². The first-order valence-corrected chi connectivity index (χ1v) is 6.70. The van der Waals surface area contributed by atoms with Gasteiger partial charge >= 0.3 is 0 Å². The molecule has 0 unspecified atom stereocenters. The number of aryl methyl sites for hydroxylation is 1. The van der Waals surface area contributed by atoms with Crippen molar-refractivity contribution >= 4 is 35.7 Å². The van der Waals surface area contributed by atoms with E-state index in [1.165, 1.54) is 17.9 Å². The molecule has 3 nitrogen and oxygen atoms in total. The molecule has 6 heteroatoms. The average molecular weight is 233 g/mol. The van der Waals surface area contributed by atoms with Crippen LogP contribution >= 0.6 is 35.7 Å². The second-order valence-corrected chi connectivity index (χ2v) is 6.12. The summed E-state index contributed by atoms with van der Waals surface area (Å²) in [6, 6.07) is 0. The Kier molecular flexibility index (Phi) is 3.34. The van der Waals surface area contributed by atoms with Crippen molar-refractivity contribution in [1.82, 2.24) is 14.8 Å². The lowest BCUT2D eigenvalue weighted by atomic mass is 10.5. The van der Waals surface area contributed by atoms with Gasteiger partial charge in [0.05, 0.1) is 4.58 Å². The Morgan fingerprint density at radius 1 is 1.62 bits per heavy atom. The van der Waals surface area contributed by atoms with Crippen molar-refractivity contribution in [2.45, 2.75) is 17.5 Å². The maximum Gasteiger partial charge on any atom is 0.194 e. The highest BCUT2D eigenvalue weighted by Gasteiger charge is 2.15. The molecule has 0 atom stereocenters. The van der Waals surface area contributed by atoms with Crippen LogP contribution in [0.25, 0.3) is 0 Å². The van der Waals surface area contributed by atoms with Crippen LogP contribution < -0.4 is 0 Å². The zero-order valence-corrected chi connectivity index (χ0v) is 9.55. The van der Waals surface area contributed by atoms with E-state index in [2.05, 4.69) is 33.7 Å². The van der Waals surface area contributed by atoms with Gasteiger partial charge in [0.25, 0.3) is 0 Å². The van der Waals surface area contributed by atoms with Crippen LogP contribution in [-0.4, -0.2) is 30.9 Å². The van der Waals surface area contributed by atoms with Crippen LogP contribution in [0, 0.1) is 4.77 Å². The maximum atomic E-state index is 5.06. The predicted molar refractivity (Wildman–Crippen MR) is 60.7 cm³/mol. The van der Waals surface area contributed by atoms with Crippen molar-refractivity contribution in [2.24, 2.45) is 0 Å². The van der Waals surface area contributed by atoms with E-state index in [9.17, 15) is 0 Å². The molecule has 1 aliphatic rings. The van der Waals surface area contributed by atoms with Gasteiger partial charge in [-0.15, -0.1) is 23.5 Å².